The summed E-state index contributed by atoms with van der Waals surface area (Å²) in [6.45, 7) is 7.42. The lowest BCUT2D eigenvalue weighted by atomic mass is 10.0. The third kappa shape index (κ3) is 12.0. The van der Waals surface area contributed by atoms with Crippen LogP contribution in [0.2, 0.25) is 0 Å². The Bertz CT molecular complexity index is 1940. The van der Waals surface area contributed by atoms with Gasteiger partial charge in [0.15, 0.2) is 0 Å². The van der Waals surface area contributed by atoms with Crippen molar-refractivity contribution in [1.29, 1.82) is 0 Å². The van der Waals surface area contributed by atoms with Crippen LogP contribution in [-0.2, 0) is 15.8 Å². The van der Waals surface area contributed by atoms with Gasteiger partial charge in [-0.3, -0.25) is 9.69 Å². The molecule has 0 radical (unpaired) electrons. The number of pyridine rings is 1. The molecular formula is C40H48F3N5O4S. The summed E-state index contributed by atoms with van der Waals surface area (Å²) in [4.78, 5) is 24.5. The molecule has 0 unspecified atom stereocenters. The zero-order valence-corrected chi connectivity index (χ0v) is 30.9. The van der Waals surface area contributed by atoms with Gasteiger partial charge in [0.05, 0.1) is 23.4 Å². The number of hydrogen-bond donors (Lipinski definition) is 2. The van der Waals surface area contributed by atoms with Crippen LogP contribution < -0.4 is 20.9 Å². The number of aromatic amines is 1. The first-order valence-corrected chi connectivity index (χ1v) is 18.9. The van der Waals surface area contributed by atoms with Crippen molar-refractivity contribution in [2.24, 2.45) is 10.9 Å². The molecular weight excluding hydrogens is 704 g/mol. The zero-order chi connectivity index (χ0) is 37.5. The van der Waals surface area contributed by atoms with Gasteiger partial charge in [-0.25, -0.2) is 0 Å². The van der Waals surface area contributed by atoms with Crippen LogP contribution in [-0.4, -0.2) is 81.8 Å². The summed E-state index contributed by atoms with van der Waals surface area (Å²) < 4.78 is 50.0. The molecule has 1 saturated heterocycles. The van der Waals surface area contributed by atoms with Gasteiger partial charge in [-0.1, -0.05) is 23.4 Å². The van der Waals surface area contributed by atoms with Crippen molar-refractivity contribution < 1.29 is 27.5 Å². The number of hydrogen-bond acceptors (Lipinski definition) is 9. The first kappa shape index (κ1) is 39.8. The van der Waals surface area contributed by atoms with Crippen LogP contribution in [0, 0.1) is 0 Å². The third-order valence-electron chi connectivity index (χ3n) is 8.96. The summed E-state index contributed by atoms with van der Waals surface area (Å²) in [7, 11) is 1.62. The van der Waals surface area contributed by atoms with E-state index in [1.54, 1.807) is 13.2 Å². The molecule has 0 bridgehead atoms. The molecule has 0 amide bonds. The fourth-order valence-corrected chi connectivity index (χ4v) is 6.93. The number of rotatable bonds is 16. The molecule has 0 spiro atoms. The topological polar surface area (TPSA) is 105 Å². The Morgan fingerprint density at radius 1 is 0.906 bits per heavy atom. The molecule has 3 heterocycles. The van der Waals surface area contributed by atoms with E-state index in [-0.39, 0.29) is 12.2 Å². The number of nitrogens with two attached hydrogens (primary N) is 1. The first-order valence-electron chi connectivity index (χ1n) is 18.0. The van der Waals surface area contributed by atoms with Gasteiger partial charge in [0.2, 0.25) is 5.56 Å². The van der Waals surface area contributed by atoms with Crippen molar-refractivity contribution in [2.75, 3.05) is 71.1 Å². The molecule has 3 aromatic carbocycles. The Morgan fingerprint density at radius 2 is 1.68 bits per heavy atom. The van der Waals surface area contributed by atoms with E-state index in [2.05, 4.69) is 49.6 Å². The molecule has 1 aliphatic rings. The SMILES string of the molecule is COCCCC/C(=N\OCCN)c1ccc(C(F)(F)F)cc1.O=c1ccc2ccc(OCCCCN3CCN(c4cccc5sccc45)CC3)cc2[nH]1. The third-order valence-corrected chi connectivity index (χ3v) is 9.84. The number of nitrogens with one attached hydrogen (secondary N) is 1. The average Bonchev–Trinajstić information content (AvgIpc) is 3.65. The Kier molecular flexibility index (Phi) is 15.1. The van der Waals surface area contributed by atoms with E-state index in [0.717, 1.165) is 87.2 Å². The molecule has 13 heteroatoms. The van der Waals surface area contributed by atoms with Gasteiger partial charge in [0.25, 0.3) is 0 Å². The number of alkyl halides is 3. The summed E-state index contributed by atoms with van der Waals surface area (Å²) in [6, 6.07) is 23.0. The number of ether oxygens (including phenoxy) is 2. The van der Waals surface area contributed by atoms with E-state index in [4.69, 9.17) is 20.0 Å². The summed E-state index contributed by atoms with van der Waals surface area (Å²) in [5.74, 6) is 0.811. The van der Waals surface area contributed by atoms with E-state index in [1.807, 2.05) is 35.6 Å². The molecule has 3 N–H and O–H groups in total. The standard InChI is InChI=1S/C25H27N3O2S.C15H21F3N2O2/c29-25-9-7-19-6-8-20(18-22(19)26-25)30-16-2-1-11-27-12-14-28(15-13-27)23-4-3-5-24-21(23)10-17-31-24;1-21-10-3-2-4-14(20-22-11-9-19)12-5-7-13(8-6-12)15(16,17)18/h3-10,17-18H,1-2,11-16H2,(H,26,29);5-8H,2-4,9-11,19H2,1H3/b;20-14+. The minimum absolute atomic E-state index is 0.0863. The van der Waals surface area contributed by atoms with Crippen LogP contribution in [0.15, 0.2) is 94.2 Å². The number of H-pyrrole nitrogens is 1. The first-order chi connectivity index (χ1) is 25.7. The monoisotopic (exact) mass is 751 g/mol. The van der Waals surface area contributed by atoms with Crippen molar-refractivity contribution in [2.45, 2.75) is 38.3 Å². The second-order valence-corrected chi connectivity index (χ2v) is 13.7. The molecule has 53 heavy (non-hydrogen) atoms. The molecule has 5 aromatic rings. The number of anilines is 1. The lowest BCUT2D eigenvalue weighted by Crippen LogP contribution is -2.46. The molecule has 6 rings (SSSR count). The van der Waals surface area contributed by atoms with E-state index in [1.165, 1.54) is 27.9 Å². The lowest BCUT2D eigenvalue weighted by Gasteiger charge is -2.36. The maximum absolute atomic E-state index is 12.6. The van der Waals surface area contributed by atoms with Crippen LogP contribution in [0.5, 0.6) is 5.75 Å². The number of piperazine rings is 1. The second-order valence-electron chi connectivity index (χ2n) is 12.8. The van der Waals surface area contributed by atoms with Crippen LogP contribution in [0.1, 0.15) is 43.2 Å². The Morgan fingerprint density at radius 3 is 2.43 bits per heavy atom. The van der Waals surface area contributed by atoms with Gasteiger partial charge in [-0.15, -0.1) is 11.3 Å². The van der Waals surface area contributed by atoms with E-state index >= 15 is 0 Å². The number of benzene rings is 3. The zero-order valence-electron chi connectivity index (χ0n) is 30.1. The van der Waals surface area contributed by atoms with Gasteiger partial charge >= 0.3 is 6.18 Å². The van der Waals surface area contributed by atoms with Crippen LogP contribution >= 0.6 is 11.3 Å². The van der Waals surface area contributed by atoms with Crippen molar-refractivity contribution >= 4 is 43.7 Å². The molecule has 9 nitrogen and oxygen atoms in total. The lowest BCUT2D eigenvalue weighted by molar-refractivity contribution is -0.137. The minimum atomic E-state index is -4.34. The van der Waals surface area contributed by atoms with E-state index < -0.39 is 11.7 Å². The predicted molar refractivity (Wildman–Crippen MR) is 208 cm³/mol. The fourth-order valence-electron chi connectivity index (χ4n) is 6.12. The summed E-state index contributed by atoms with van der Waals surface area (Å²) in [6.07, 6.45) is 0.0542. The van der Waals surface area contributed by atoms with Gasteiger partial charge in [0, 0.05) is 74.3 Å². The summed E-state index contributed by atoms with van der Waals surface area (Å²) >= 11 is 1.82. The summed E-state index contributed by atoms with van der Waals surface area (Å²) in [5.41, 5.74) is 7.98. The highest BCUT2D eigenvalue weighted by molar-refractivity contribution is 7.17. The largest absolute Gasteiger partial charge is 0.494 e. The Labute approximate surface area is 312 Å². The maximum atomic E-state index is 12.6. The van der Waals surface area contributed by atoms with Crippen molar-refractivity contribution in [3.05, 3.63) is 106 Å². The normalized spacial score (nSPS) is 14.0. The predicted octanol–water partition coefficient (Wildman–Crippen LogP) is 7.93. The van der Waals surface area contributed by atoms with Crippen molar-refractivity contribution in [1.82, 2.24) is 9.88 Å². The quantitative estimate of drug-likeness (QED) is 0.0600. The smallest absolute Gasteiger partial charge is 0.416 e. The van der Waals surface area contributed by atoms with Crippen molar-refractivity contribution in [3.63, 3.8) is 0 Å². The number of thiophene rings is 1. The second kappa shape index (κ2) is 20.1. The highest BCUT2D eigenvalue weighted by Gasteiger charge is 2.30. The fraction of sp³-hybridized carbons (Fsp3) is 0.400. The van der Waals surface area contributed by atoms with Gasteiger partial charge in [0.1, 0.15) is 12.4 Å². The molecule has 2 aromatic heterocycles. The number of aromatic nitrogens is 1. The Hall–Kier alpha value is -4.43. The van der Waals surface area contributed by atoms with Gasteiger partial charge in [-0.05, 0) is 104 Å². The number of methoxy groups -OCH3 is 1. The van der Waals surface area contributed by atoms with Gasteiger partial charge < -0.3 is 29.9 Å². The molecule has 0 atom stereocenters. The Balaban J connectivity index is 0.000000219. The van der Waals surface area contributed by atoms with Crippen LogP contribution in [0.25, 0.3) is 21.0 Å². The van der Waals surface area contributed by atoms with Gasteiger partial charge in [-0.2, -0.15) is 13.2 Å². The molecule has 1 aliphatic heterocycles. The average molecular weight is 752 g/mol. The highest BCUT2D eigenvalue weighted by atomic mass is 32.1. The molecule has 1 fully saturated rings. The van der Waals surface area contributed by atoms with E-state index in [0.29, 0.717) is 37.5 Å². The van der Waals surface area contributed by atoms with Crippen LogP contribution in [0.3, 0.4) is 0 Å². The number of unbranched alkanes of at least 4 members (excludes halogenated alkanes) is 2. The molecule has 284 valence electrons. The maximum Gasteiger partial charge on any atom is 0.416 e. The number of fused-ring (bicyclic) bond motifs is 2. The minimum Gasteiger partial charge on any atom is -0.494 e. The highest BCUT2D eigenvalue weighted by Crippen LogP contribution is 2.31. The van der Waals surface area contributed by atoms with Crippen molar-refractivity contribution in [3.8, 4) is 5.75 Å². The number of halogens is 3. The van der Waals surface area contributed by atoms with E-state index in [9.17, 15) is 18.0 Å². The van der Waals surface area contributed by atoms with Crippen LogP contribution in [0.4, 0.5) is 18.9 Å². The number of nitrogens with zero attached hydrogens (tertiary/aromatic N) is 3. The molecule has 0 aliphatic carbocycles. The number of oxime groups is 1. The molecule has 0 saturated carbocycles. The summed E-state index contributed by atoms with van der Waals surface area (Å²) in [5, 5.41) is 8.57.